The molecule has 0 heterocycles. The second kappa shape index (κ2) is 8.55. The van der Waals surface area contributed by atoms with E-state index in [4.69, 9.17) is 4.74 Å². The molecule has 2 rings (SSSR count). The Kier molecular flexibility index (Phi) is 6.72. The van der Waals surface area contributed by atoms with Crippen LogP contribution < -0.4 is 0 Å². The monoisotopic (exact) mass is 290 g/mol. The number of rotatable bonds is 7. The molecule has 0 aromatic heterocycles. The lowest BCUT2D eigenvalue weighted by molar-refractivity contribution is -0.131. The number of aliphatic hydroxyl groups excluding tert-OH is 1. The number of hydrogen-bond donors (Lipinski definition) is 1. The van der Waals surface area contributed by atoms with Gasteiger partial charge in [0.2, 0.25) is 0 Å². The summed E-state index contributed by atoms with van der Waals surface area (Å²) in [5, 5.41) is 10.7. The molecule has 21 heavy (non-hydrogen) atoms. The molecule has 2 heteroatoms. The molecule has 118 valence electrons. The Morgan fingerprint density at radius 3 is 2.38 bits per heavy atom. The molecule has 0 saturated heterocycles. The van der Waals surface area contributed by atoms with Crippen LogP contribution in [0.15, 0.2) is 30.3 Å². The Morgan fingerprint density at radius 1 is 1.10 bits per heavy atom. The van der Waals surface area contributed by atoms with E-state index < -0.39 is 0 Å². The highest BCUT2D eigenvalue weighted by Crippen LogP contribution is 2.35. The van der Waals surface area contributed by atoms with Crippen LogP contribution in [0.1, 0.15) is 63.9 Å². The van der Waals surface area contributed by atoms with Crippen LogP contribution in [0.4, 0.5) is 0 Å². The van der Waals surface area contributed by atoms with Crippen molar-refractivity contribution in [3.63, 3.8) is 0 Å². The summed E-state index contributed by atoms with van der Waals surface area (Å²) in [6.45, 7) is 2.75. The normalized spacial score (nSPS) is 19.9. The van der Waals surface area contributed by atoms with Crippen LogP contribution in [0.5, 0.6) is 0 Å². The van der Waals surface area contributed by atoms with Crippen molar-refractivity contribution in [1.29, 1.82) is 0 Å². The minimum absolute atomic E-state index is 0.276. The van der Waals surface area contributed by atoms with Crippen LogP contribution in [-0.2, 0) is 11.2 Å². The average molecular weight is 290 g/mol. The number of benzene rings is 1. The zero-order valence-corrected chi connectivity index (χ0v) is 13.4. The highest BCUT2D eigenvalue weighted by molar-refractivity contribution is 5.14. The van der Waals surface area contributed by atoms with Gasteiger partial charge in [-0.15, -0.1) is 0 Å². The summed E-state index contributed by atoms with van der Waals surface area (Å²) in [6.07, 6.45) is 9.58. The quantitative estimate of drug-likeness (QED) is 0.749. The third-order valence-electron chi connectivity index (χ3n) is 4.77. The van der Waals surface area contributed by atoms with Gasteiger partial charge in [0.1, 0.15) is 0 Å². The van der Waals surface area contributed by atoms with E-state index >= 15 is 0 Å². The lowest BCUT2D eigenvalue weighted by Crippen LogP contribution is -2.44. The molecule has 1 atom stereocenters. The Balaban J connectivity index is 1.87. The van der Waals surface area contributed by atoms with E-state index in [9.17, 15) is 5.11 Å². The van der Waals surface area contributed by atoms with Crippen molar-refractivity contribution in [3.05, 3.63) is 35.9 Å². The van der Waals surface area contributed by atoms with Crippen LogP contribution in [0.25, 0.3) is 0 Å². The van der Waals surface area contributed by atoms with Gasteiger partial charge in [0, 0.05) is 6.61 Å². The van der Waals surface area contributed by atoms with E-state index in [-0.39, 0.29) is 11.7 Å². The molecule has 1 aliphatic rings. The van der Waals surface area contributed by atoms with Crippen molar-refractivity contribution < 1.29 is 9.84 Å². The predicted molar refractivity (Wildman–Crippen MR) is 87.4 cm³/mol. The van der Waals surface area contributed by atoms with Crippen molar-refractivity contribution in [2.24, 2.45) is 0 Å². The van der Waals surface area contributed by atoms with E-state index in [1.807, 2.05) is 13.0 Å². The molecule has 0 aliphatic heterocycles. The fourth-order valence-corrected chi connectivity index (χ4v) is 3.60. The van der Waals surface area contributed by atoms with Gasteiger partial charge in [-0.25, -0.2) is 0 Å². The smallest absolute Gasteiger partial charge is 0.0939 e. The van der Waals surface area contributed by atoms with E-state index in [0.717, 1.165) is 32.1 Å². The van der Waals surface area contributed by atoms with Gasteiger partial charge in [-0.3, -0.25) is 0 Å². The number of hydrogen-bond acceptors (Lipinski definition) is 2. The van der Waals surface area contributed by atoms with Crippen molar-refractivity contribution in [2.45, 2.75) is 76.4 Å². The minimum Gasteiger partial charge on any atom is -0.390 e. The van der Waals surface area contributed by atoms with Crippen molar-refractivity contribution in [1.82, 2.24) is 0 Å². The second-order valence-corrected chi connectivity index (χ2v) is 6.31. The Morgan fingerprint density at radius 2 is 1.76 bits per heavy atom. The highest BCUT2D eigenvalue weighted by Gasteiger charge is 2.38. The molecule has 1 unspecified atom stereocenters. The van der Waals surface area contributed by atoms with Crippen molar-refractivity contribution >= 4 is 0 Å². The summed E-state index contributed by atoms with van der Waals surface area (Å²) in [4.78, 5) is 0. The van der Waals surface area contributed by atoms with Gasteiger partial charge >= 0.3 is 0 Å². The molecule has 1 saturated carbocycles. The first-order chi connectivity index (χ1) is 10.3. The Hall–Kier alpha value is -0.860. The van der Waals surface area contributed by atoms with Crippen LogP contribution >= 0.6 is 0 Å². The lowest BCUT2D eigenvalue weighted by Gasteiger charge is -2.37. The third kappa shape index (κ3) is 4.82. The van der Waals surface area contributed by atoms with Crippen LogP contribution in [0, 0.1) is 0 Å². The molecule has 0 amide bonds. The molecule has 1 aliphatic carbocycles. The molecular formula is C19H30O2. The lowest BCUT2D eigenvalue weighted by atomic mass is 9.85. The first-order valence-corrected chi connectivity index (χ1v) is 8.63. The fraction of sp³-hybridized carbons (Fsp3) is 0.684. The molecule has 2 nitrogen and oxygen atoms in total. The summed E-state index contributed by atoms with van der Waals surface area (Å²) in [5.41, 5.74) is 1.08. The van der Waals surface area contributed by atoms with Gasteiger partial charge in [0.05, 0.1) is 11.7 Å². The van der Waals surface area contributed by atoms with Gasteiger partial charge in [-0.1, -0.05) is 56.0 Å². The number of aryl methyl sites for hydroxylation is 1. The summed E-state index contributed by atoms with van der Waals surface area (Å²) in [6, 6.07) is 10.5. The third-order valence-corrected chi connectivity index (χ3v) is 4.77. The molecule has 1 aromatic rings. The van der Waals surface area contributed by atoms with Gasteiger partial charge in [0.25, 0.3) is 0 Å². The van der Waals surface area contributed by atoms with Crippen molar-refractivity contribution in [3.8, 4) is 0 Å². The van der Waals surface area contributed by atoms with Gasteiger partial charge in [-0.05, 0) is 44.6 Å². The predicted octanol–water partition coefficient (Wildman–Crippen LogP) is 4.50. The second-order valence-electron chi connectivity index (χ2n) is 6.31. The topological polar surface area (TPSA) is 29.5 Å². The molecule has 0 radical (unpaired) electrons. The number of ether oxygens (including phenoxy) is 1. The molecule has 1 N–H and O–H groups in total. The van der Waals surface area contributed by atoms with E-state index in [1.165, 1.54) is 31.2 Å². The van der Waals surface area contributed by atoms with Gasteiger partial charge in [0.15, 0.2) is 0 Å². The standard InChI is InChI=1S/C19H30O2/c1-2-21-19(15-8-3-4-9-16-19)18(20)14-10-13-17-11-6-5-7-12-17/h5-7,11-12,18,20H,2-4,8-10,13-16H2,1H3. The first-order valence-electron chi connectivity index (χ1n) is 8.63. The van der Waals surface area contributed by atoms with Gasteiger partial charge < -0.3 is 9.84 Å². The summed E-state index contributed by atoms with van der Waals surface area (Å²) < 4.78 is 6.06. The van der Waals surface area contributed by atoms with Crippen LogP contribution in [0.3, 0.4) is 0 Å². The zero-order valence-electron chi connectivity index (χ0n) is 13.4. The van der Waals surface area contributed by atoms with E-state index in [1.54, 1.807) is 0 Å². The summed E-state index contributed by atoms with van der Waals surface area (Å²) in [5.74, 6) is 0. The molecule has 1 fully saturated rings. The van der Waals surface area contributed by atoms with Crippen LogP contribution in [0.2, 0.25) is 0 Å². The summed E-state index contributed by atoms with van der Waals surface area (Å²) in [7, 11) is 0. The fourth-order valence-electron chi connectivity index (χ4n) is 3.60. The van der Waals surface area contributed by atoms with Crippen molar-refractivity contribution in [2.75, 3.05) is 6.61 Å². The Labute approximate surface area is 129 Å². The maximum Gasteiger partial charge on any atom is 0.0939 e. The van der Waals surface area contributed by atoms with Gasteiger partial charge in [-0.2, -0.15) is 0 Å². The van der Waals surface area contributed by atoms with E-state index in [2.05, 4.69) is 24.3 Å². The molecule has 0 bridgehead atoms. The average Bonchev–Trinajstić information content (AvgIpc) is 2.75. The SMILES string of the molecule is CCOC1(C(O)CCCc2ccccc2)CCCCCC1. The largest absolute Gasteiger partial charge is 0.390 e. The first kappa shape index (κ1) is 16.5. The summed E-state index contributed by atoms with van der Waals surface area (Å²) >= 11 is 0. The number of aliphatic hydroxyl groups is 1. The zero-order chi connectivity index (χ0) is 15.0. The highest BCUT2D eigenvalue weighted by atomic mass is 16.5. The Bertz CT molecular complexity index is 380. The maximum absolute atomic E-state index is 10.7. The maximum atomic E-state index is 10.7. The van der Waals surface area contributed by atoms with Crippen LogP contribution in [-0.4, -0.2) is 23.4 Å². The molecule has 1 aromatic carbocycles. The minimum atomic E-state index is -0.320. The van der Waals surface area contributed by atoms with E-state index in [0.29, 0.717) is 6.61 Å². The molecule has 0 spiro atoms. The molecular weight excluding hydrogens is 260 g/mol.